The second kappa shape index (κ2) is 13.6. The molecule has 3 saturated carbocycles. The summed E-state index contributed by atoms with van der Waals surface area (Å²) in [5.41, 5.74) is 3.34. The number of hydroxylamine groups is 2. The number of hydrogen-bond donors (Lipinski definition) is 4. The van der Waals surface area contributed by atoms with Gasteiger partial charge in [0.2, 0.25) is 5.91 Å². The maximum absolute atomic E-state index is 13.9. The summed E-state index contributed by atoms with van der Waals surface area (Å²) >= 11 is 0. The van der Waals surface area contributed by atoms with Crippen LogP contribution in [0.1, 0.15) is 62.9 Å². The van der Waals surface area contributed by atoms with Crippen molar-refractivity contribution in [2.75, 3.05) is 20.3 Å². The lowest BCUT2D eigenvalue weighted by atomic mass is 9.45. The second-order valence-corrected chi connectivity index (χ2v) is 13.6. The zero-order chi connectivity index (χ0) is 32.5. The standard InChI is InChI=1S/C35H47N3O7/c1-20-27-16-26(35(27,3)4)17-28(20)37-34(43)32-31(21(2)40)29(19-39)45-38(32)18-22-8-6-9-23(14-22)24-10-7-11-25(15-24)33(42)36-13-12-30(41)44-5/h6-11,14-15,20-21,26-29,31-32,39-40H,12-13,16-19H2,1-5H3,(H,36,42)(H,37,43)/t20-,21-,26+,27-,28-,29-,31+,32-/m0/s1. The molecular formula is C35H47N3O7. The van der Waals surface area contributed by atoms with E-state index in [1.54, 1.807) is 30.2 Å². The quantitative estimate of drug-likeness (QED) is 0.281. The molecule has 6 rings (SSSR count). The van der Waals surface area contributed by atoms with Gasteiger partial charge in [0.15, 0.2) is 0 Å². The Morgan fingerprint density at radius 2 is 1.82 bits per heavy atom. The predicted molar refractivity (Wildman–Crippen MR) is 168 cm³/mol. The molecule has 2 aromatic rings. The van der Waals surface area contributed by atoms with Gasteiger partial charge >= 0.3 is 5.97 Å². The Bertz CT molecular complexity index is 1390. The van der Waals surface area contributed by atoms with Crippen LogP contribution in [0.3, 0.4) is 0 Å². The predicted octanol–water partition coefficient (Wildman–Crippen LogP) is 3.31. The lowest BCUT2D eigenvalue weighted by Crippen LogP contribution is -2.62. The molecule has 4 N–H and O–H groups in total. The third-order valence-electron chi connectivity index (χ3n) is 10.6. The highest BCUT2D eigenvalue weighted by molar-refractivity contribution is 5.95. The number of hydrogen-bond acceptors (Lipinski definition) is 8. The Morgan fingerprint density at radius 3 is 2.47 bits per heavy atom. The maximum atomic E-state index is 13.9. The van der Waals surface area contributed by atoms with Gasteiger partial charge in [-0.2, -0.15) is 5.06 Å². The zero-order valence-corrected chi connectivity index (χ0v) is 26.9. The van der Waals surface area contributed by atoms with Gasteiger partial charge in [0.1, 0.15) is 12.1 Å². The van der Waals surface area contributed by atoms with Crippen molar-refractivity contribution in [2.24, 2.45) is 29.1 Å². The third kappa shape index (κ3) is 6.79. The average molecular weight is 622 g/mol. The van der Waals surface area contributed by atoms with Gasteiger partial charge in [-0.05, 0) is 77.8 Å². The Kier molecular flexibility index (Phi) is 9.98. The molecule has 10 heteroatoms. The van der Waals surface area contributed by atoms with E-state index in [-0.39, 0.29) is 44.0 Å². The SMILES string of the molecule is COC(=O)CCNC(=O)c1cccc(-c2cccc(CN3O[C@@H](CO)[C@@H]([C@H](C)O)[C@H]3C(=O)N[C@H]3C[C@H]4C[C@@H]([C@@H]3C)C4(C)C)c2)c1. The monoisotopic (exact) mass is 621 g/mol. The first-order valence-corrected chi connectivity index (χ1v) is 16.0. The molecule has 0 spiro atoms. The Hall–Kier alpha value is -3.31. The lowest BCUT2D eigenvalue weighted by Gasteiger charge is -2.62. The molecule has 1 aliphatic heterocycles. The summed E-state index contributed by atoms with van der Waals surface area (Å²) in [6.45, 7) is 8.65. The van der Waals surface area contributed by atoms with Crippen molar-refractivity contribution < 1.29 is 34.2 Å². The summed E-state index contributed by atoms with van der Waals surface area (Å²) in [5, 5.41) is 28.5. The maximum Gasteiger partial charge on any atom is 0.307 e. The van der Waals surface area contributed by atoms with Crippen molar-refractivity contribution in [2.45, 2.75) is 77.8 Å². The molecule has 10 nitrogen and oxygen atoms in total. The van der Waals surface area contributed by atoms with E-state index < -0.39 is 30.1 Å². The number of aliphatic hydroxyl groups excluding tert-OH is 2. The Labute approximate surface area is 265 Å². The number of benzene rings is 2. The topological polar surface area (TPSA) is 137 Å². The first kappa shape index (κ1) is 33.1. The fraction of sp³-hybridized carbons (Fsp3) is 0.571. The van der Waals surface area contributed by atoms with Crippen molar-refractivity contribution in [1.29, 1.82) is 0 Å². The highest BCUT2D eigenvalue weighted by Crippen LogP contribution is 2.61. The lowest BCUT2D eigenvalue weighted by molar-refractivity contribution is -0.183. The summed E-state index contributed by atoms with van der Waals surface area (Å²) in [7, 11) is 1.31. The molecule has 2 bridgehead atoms. The molecule has 3 aliphatic carbocycles. The van der Waals surface area contributed by atoms with Crippen LogP contribution in [0.25, 0.3) is 11.1 Å². The number of carbonyl (C=O) groups excluding carboxylic acids is 3. The molecule has 0 radical (unpaired) electrons. The minimum absolute atomic E-state index is 0.0622. The van der Waals surface area contributed by atoms with E-state index in [1.165, 1.54) is 13.5 Å². The van der Waals surface area contributed by atoms with Crippen LogP contribution in [0.4, 0.5) is 0 Å². The van der Waals surface area contributed by atoms with Crippen LogP contribution in [0, 0.1) is 29.1 Å². The normalized spacial score (nSPS) is 29.4. The van der Waals surface area contributed by atoms with Crippen LogP contribution in [-0.4, -0.2) is 77.6 Å². The van der Waals surface area contributed by atoms with Gasteiger partial charge in [-0.1, -0.05) is 51.1 Å². The zero-order valence-electron chi connectivity index (χ0n) is 26.9. The van der Waals surface area contributed by atoms with Crippen LogP contribution in [0.5, 0.6) is 0 Å². The third-order valence-corrected chi connectivity index (χ3v) is 10.6. The van der Waals surface area contributed by atoms with Crippen LogP contribution in [0.15, 0.2) is 48.5 Å². The van der Waals surface area contributed by atoms with E-state index in [1.807, 2.05) is 30.3 Å². The molecule has 4 fully saturated rings. The number of rotatable bonds is 11. The van der Waals surface area contributed by atoms with Gasteiger partial charge in [-0.25, -0.2) is 0 Å². The number of nitrogens with one attached hydrogen (secondary N) is 2. The van der Waals surface area contributed by atoms with Crippen LogP contribution < -0.4 is 10.6 Å². The van der Waals surface area contributed by atoms with Crippen molar-refractivity contribution in [3.63, 3.8) is 0 Å². The number of nitrogens with zero attached hydrogens (tertiary/aromatic N) is 1. The van der Waals surface area contributed by atoms with Crippen LogP contribution in [0.2, 0.25) is 0 Å². The molecule has 45 heavy (non-hydrogen) atoms. The van der Waals surface area contributed by atoms with Gasteiger partial charge in [0.05, 0.1) is 32.8 Å². The minimum atomic E-state index is -0.869. The first-order valence-electron chi connectivity index (χ1n) is 16.0. The number of amides is 2. The fourth-order valence-corrected chi connectivity index (χ4v) is 7.84. The molecule has 244 valence electrons. The van der Waals surface area contributed by atoms with Crippen LogP contribution >= 0.6 is 0 Å². The molecule has 0 aromatic heterocycles. The van der Waals surface area contributed by atoms with Crippen molar-refractivity contribution in [3.8, 4) is 11.1 Å². The van der Waals surface area contributed by atoms with Gasteiger partial charge in [0.25, 0.3) is 5.91 Å². The summed E-state index contributed by atoms with van der Waals surface area (Å²) < 4.78 is 4.62. The summed E-state index contributed by atoms with van der Waals surface area (Å²) in [6.07, 6.45) is 0.660. The molecule has 2 amide bonds. The Morgan fingerprint density at radius 1 is 1.11 bits per heavy atom. The van der Waals surface area contributed by atoms with Crippen molar-refractivity contribution >= 4 is 17.8 Å². The van der Waals surface area contributed by atoms with E-state index >= 15 is 0 Å². The largest absolute Gasteiger partial charge is 0.469 e. The Balaban J connectivity index is 1.31. The number of ether oxygens (including phenoxy) is 1. The molecule has 0 unspecified atom stereocenters. The van der Waals surface area contributed by atoms with Crippen molar-refractivity contribution in [3.05, 3.63) is 59.7 Å². The van der Waals surface area contributed by atoms with E-state index in [4.69, 9.17) is 4.84 Å². The molecule has 8 atom stereocenters. The number of carbonyl (C=O) groups is 3. The van der Waals surface area contributed by atoms with E-state index in [0.717, 1.165) is 23.1 Å². The van der Waals surface area contributed by atoms with Gasteiger partial charge in [-0.15, -0.1) is 0 Å². The highest BCUT2D eigenvalue weighted by Gasteiger charge is 2.57. The molecular weight excluding hydrogens is 574 g/mol. The number of esters is 1. The van der Waals surface area contributed by atoms with E-state index in [9.17, 15) is 24.6 Å². The van der Waals surface area contributed by atoms with Gasteiger partial charge in [-0.3, -0.25) is 19.2 Å². The smallest absolute Gasteiger partial charge is 0.307 e. The van der Waals surface area contributed by atoms with Gasteiger partial charge < -0.3 is 25.6 Å². The molecule has 4 aliphatic rings. The second-order valence-electron chi connectivity index (χ2n) is 13.6. The van der Waals surface area contributed by atoms with Crippen LogP contribution in [-0.2, 0) is 25.7 Å². The highest BCUT2D eigenvalue weighted by atomic mass is 16.7. The van der Waals surface area contributed by atoms with Gasteiger partial charge in [0, 0.05) is 24.1 Å². The number of aliphatic hydroxyl groups is 2. The average Bonchev–Trinajstić information content (AvgIpc) is 3.40. The minimum Gasteiger partial charge on any atom is -0.469 e. The fourth-order valence-electron chi connectivity index (χ4n) is 7.84. The first-order chi connectivity index (χ1) is 21.4. The van der Waals surface area contributed by atoms with E-state index in [0.29, 0.717) is 28.7 Å². The number of fused-ring (bicyclic) bond motifs is 2. The summed E-state index contributed by atoms with van der Waals surface area (Å²) in [6, 6.07) is 14.3. The van der Waals surface area contributed by atoms with E-state index in [2.05, 4.69) is 36.1 Å². The van der Waals surface area contributed by atoms with Crippen molar-refractivity contribution in [1.82, 2.24) is 15.7 Å². The molecule has 2 aromatic carbocycles. The summed E-state index contributed by atoms with van der Waals surface area (Å²) in [4.78, 5) is 44.1. The molecule has 1 saturated heterocycles. The number of methoxy groups -OCH3 is 1. The molecule has 1 heterocycles. The summed E-state index contributed by atoms with van der Waals surface area (Å²) in [5.74, 6) is 0.0468.